The zero-order valence-electron chi connectivity index (χ0n) is 13.8. The van der Waals surface area contributed by atoms with Crippen LogP contribution < -0.4 is 4.90 Å². The first-order valence-electron chi connectivity index (χ1n) is 7.94. The Kier molecular flexibility index (Phi) is 5.36. The average Bonchev–Trinajstić information content (AvgIpc) is 3.05. The van der Waals surface area contributed by atoms with Crippen LogP contribution in [0.2, 0.25) is 0 Å². The molecule has 0 saturated heterocycles. The number of amides is 1. The molecule has 0 fully saturated rings. The molecule has 3 aromatic rings. The van der Waals surface area contributed by atoms with Gasteiger partial charge in [-0.1, -0.05) is 42.1 Å². The molecule has 126 valence electrons. The number of carbonyl (C=O) groups excluding carboxylic acids is 1. The third-order valence-electron chi connectivity index (χ3n) is 3.68. The lowest BCUT2D eigenvalue weighted by molar-refractivity contribution is -0.117. The predicted octanol–water partition coefficient (Wildman–Crippen LogP) is 4.26. The van der Waals surface area contributed by atoms with Crippen molar-refractivity contribution in [3.05, 3.63) is 54.6 Å². The molecular formula is C19H17N3O2S. The Balaban J connectivity index is 1.77. The second-order valence-electron chi connectivity index (χ2n) is 5.44. The Hall–Kier alpha value is -2.78. The fourth-order valence-electron chi connectivity index (χ4n) is 2.46. The third kappa shape index (κ3) is 4.01. The van der Waals surface area contributed by atoms with Crippen LogP contribution in [0.1, 0.15) is 13.3 Å². The summed E-state index contributed by atoms with van der Waals surface area (Å²) < 4.78 is 5.68. The lowest BCUT2D eigenvalue weighted by Gasteiger charge is -2.24. The minimum atomic E-state index is -0.382. The van der Waals surface area contributed by atoms with Crippen molar-refractivity contribution in [2.24, 2.45) is 0 Å². The zero-order chi connectivity index (χ0) is 17.6. The maximum absolute atomic E-state index is 12.9. The molecule has 25 heavy (non-hydrogen) atoms. The van der Waals surface area contributed by atoms with Crippen LogP contribution in [0.3, 0.4) is 0 Å². The Morgan fingerprint density at radius 2 is 1.96 bits per heavy atom. The van der Waals surface area contributed by atoms with Crippen molar-refractivity contribution in [3.63, 3.8) is 0 Å². The summed E-state index contributed by atoms with van der Waals surface area (Å²) in [6.07, 6.45) is 0.279. The van der Waals surface area contributed by atoms with Crippen molar-refractivity contribution in [1.29, 1.82) is 5.26 Å². The molecule has 0 bridgehead atoms. The summed E-state index contributed by atoms with van der Waals surface area (Å²) in [6.45, 7) is 2.18. The van der Waals surface area contributed by atoms with Crippen LogP contribution in [-0.4, -0.2) is 22.7 Å². The molecule has 0 spiro atoms. The summed E-state index contributed by atoms with van der Waals surface area (Å²) >= 11 is 1.28. The molecule has 0 radical (unpaired) electrons. The molecule has 6 heteroatoms. The quantitative estimate of drug-likeness (QED) is 0.621. The number of benzene rings is 2. The van der Waals surface area contributed by atoms with Crippen LogP contribution in [0, 0.1) is 11.3 Å². The van der Waals surface area contributed by atoms with Crippen LogP contribution in [0.5, 0.6) is 0 Å². The van der Waals surface area contributed by atoms with E-state index in [9.17, 15) is 4.79 Å². The van der Waals surface area contributed by atoms with E-state index in [-0.39, 0.29) is 17.6 Å². The Labute approximate surface area is 150 Å². The fourth-order valence-corrected chi connectivity index (χ4v) is 3.28. The Morgan fingerprint density at radius 1 is 1.24 bits per heavy atom. The van der Waals surface area contributed by atoms with Crippen molar-refractivity contribution in [3.8, 4) is 6.07 Å². The van der Waals surface area contributed by atoms with Gasteiger partial charge in [0.05, 0.1) is 17.7 Å². The number of thioether (sulfide) groups is 1. The minimum absolute atomic E-state index is 0.0753. The van der Waals surface area contributed by atoms with Gasteiger partial charge in [-0.2, -0.15) is 5.26 Å². The first-order chi connectivity index (χ1) is 12.2. The van der Waals surface area contributed by atoms with Gasteiger partial charge in [-0.25, -0.2) is 4.98 Å². The van der Waals surface area contributed by atoms with E-state index in [4.69, 9.17) is 9.68 Å². The second-order valence-corrected chi connectivity index (χ2v) is 6.73. The number of carbonyl (C=O) groups is 1. The summed E-state index contributed by atoms with van der Waals surface area (Å²) in [5.41, 5.74) is 2.26. The summed E-state index contributed by atoms with van der Waals surface area (Å²) in [5, 5.41) is 8.97. The highest BCUT2D eigenvalue weighted by atomic mass is 32.2. The molecule has 0 aliphatic carbocycles. The standard InChI is InChI=1S/C19H17N3O2S/c1-14(25-19-21-16-10-5-6-11-17(16)24-19)18(23)22(13-7-12-20)15-8-3-2-4-9-15/h2-6,8-11,14H,7,13H2,1H3/t14-/m1/s1. The molecule has 0 aliphatic heterocycles. The van der Waals surface area contributed by atoms with E-state index in [1.54, 1.807) is 4.90 Å². The van der Waals surface area contributed by atoms with E-state index in [0.29, 0.717) is 17.4 Å². The van der Waals surface area contributed by atoms with Crippen molar-refractivity contribution >= 4 is 34.5 Å². The van der Waals surface area contributed by atoms with Gasteiger partial charge < -0.3 is 9.32 Å². The number of rotatable bonds is 6. The number of hydrogen-bond acceptors (Lipinski definition) is 5. The van der Waals surface area contributed by atoms with Gasteiger partial charge in [0.2, 0.25) is 5.91 Å². The number of oxazole rings is 1. The molecule has 1 aromatic heterocycles. The van der Waals surface area contributed by atoms with Crippen LogP contribution in [0.25, 0.3) is 11.1 Å². The number of anilines is 1. The van der Waals surface area contributed by atoms with E-state index in [1.807, 2.05) is 61.5 Å². The average molecular weight is 351 g/mol. The number of hydrogen-bond donors (Lipinski definition) is 0. The Bertz CT molecular complexity index is 869. The van der Waals surface area contributed by atoms with E-state index in [1.165, 1.54) is 11.8 Å². The van der Waals surface area contributed by atoms with E-state index < -0.39 is 0 Å². The molecule has 3 rings (SSSR count). The van der Waals surface area contributed by atoms with Crippen LogP contribution in [0.15, 0.2) is 64.2 Å². The van der Waals surface area contributed by atoms with Gasteiger partial charge in [0, 0.05) is 12.2 Å². The maximum atomic E-state index is 12.9. The lowest BCUT2D eigenvalue weighted by atomic mass is 10.2. The normalized spacial score (nSPS) is 11.8. The molecular weight excluding hydrogens is 334 g/mol. The third-order valence-corrected chi connectivity index (χ3v) is 4.61. The molecule has 2 aromatic carbocycles. The topological polar surface area (TPSA) is 70.1 Å². The van der Waals surface area contributed by atoms with Crippen LogP contribution >= 0.6 is 11.8 Å². The van der Waals surface area contributed by atoms with Crippen LogP contribution in [-0.2, 0) is 4.79 Å². The SMILES string of the molecule is C[C@@H](Sc1nc2ccccc2o1)C(=O)N(CCC#N)c1ccccc1. The maximum Gasteiger partial charge on any atom is 0.257 e. The van der Waals surface area contributed by atoms with E-state index in [0.717, 1.165) is 11.2 Å². The van der Waals surface area contributed by atoms with Crippen molar-refractivity contribution in [1.82, 2.24) is 4.98 Å². The molecule has 0 aliphatic rings. The molecule has 1 atom stereocenters. The minimum Gasteiger partial charge on any atom is -0.431 e. The van der Waals surface area contributed by atoms with E-state index in [2.05, 4.69) is 11.1 Å². The fraction of sp³-hybridized carbons (Fsp3) is 0.211. The highest BCUT2D eigenvalue weighted by Crippen LogP contribution is 2.28. The van der Waals surface area contributed by atoms with Gasteiger partial charge in [0.25, 0.3) is 5.22 Å². The summed E-state index contributed by atoms with van der Waals surface area (Å²) in [6, 6.07) is 19.0. The zero-order valence-corrected chi connectivity index (χ0v) is 14.6. The number of aromatic nitrogens is 1. The van der Waals surface area contributed by atoms with Crippen molar-refractivity contribution < 1.29 is 9.21 Å². The van der Waals surface area contributed by atoms with Gasteiger partial charge in [0.15, 0.2) is 5.58 Å². The molecule has 1 amide bonds. The molecule has 0 N–H and O–H groups in total. The molecule has 5 nitrogen and oxygen atoms in total. The Morgan fingerprint density at radius 3 is 2.68 bits per heavy atom. The highest BCUT2D eigenvalue weighted by Gasteiger charge is 2.24. The van der Waals surface area contributed by atoms with Gasteiger partial charge in [-0.05, 0) is 31.2 Å². The molecule has 1 heterocycles. The second kappa shape index (κ2) is 7.86. The number of fused-ring (bicyclic) bond motifs is 1. The predicted molar refractivity (Wildman–Crippen MR) is 98.4 cm³/mol. The summed E-state index contributed by atoms with van der Waals surface area (Å²) in [5.74, 6) is -0.0753. The molecule has 0 unspecified atom stereocenters. The number of para-hydroxylation sites is 3. The largest absolute Gasteiger partial charge is 0.431 e. The van der Waals surface area contributed by atoms with Gasteiger partial charge in [0.1, 0.15) is 5.52 Å². The number of nitriles is 1. The van der Waals surface area contributed by atoms with Crippen molar-refractivity contribution in [2.45, 2.75) is 23.8 Å². The van der Waals surface area contributed by atoms with Gasteiger partial charge >= 0.3 is 0 Å². The smallest absolute Gasteiger partial charge is 0.257 e. The van der Waals surface area contributed by atoms with Crippen molar-refractivity contribution in [2.75, 3.05) is 11.4 Å². The summed E-state index contributed by atoms with van der Waals surface area (Å²) in [7, 11) is 0. The first-order valence-corrected chi connectivity index (χ1v) is 8.82. The summed E-state index contributed by atoms with van der Waals surface area (Å²) in [4.78, 5) is 18.9. The highest BCUT2D eigenvalue weighted by molar-refractivity contribution is 8.00. The van der Waals surface area contributed by atoms with Crippen LogP contribution in [0.4, 0.5) is 5.69 Å². The monoisotopic (exact) mass is 351 g/mol. The molecule has 0 saturated carbocycles. The number of nitrogens with zero attached hydrogens (tertiary/aromatic N) is 3. The first kappa shape index (κ1) is 17.1. The van der Waals surface area contributed by atoms with Gasteiger partial charge in [-0.15, -0.1) is 0 Å². The van der Waals surface area contributed by atoms with Gasteiger partial charge in [-0.3, -0.25) is 4.79 Å². The lowest BCUT2D eigenvalue weighted by Crippen LogP contribution is -2.37. The van der Waals surface area contributed by atoms with E-state index >= 15 is 0 Å².